The number of benzene rings is 1. The monoisotopic (exact) mass is 304 g/mol. The van der Waals surface area contributed by atoms with Gasteiger partial charge in [0.05, 0.1) is 7.11 Å². The van der Waals surface area contributed by atoms with Crippen molar-refractivity contribution in [3.05, 3.63) is 29.6 Å². The molecule has 0 aliphatic carbocycles. The van der Waals surface area contributed by atoms with E-state index < -0.39 is 11.4 Å². The summed E-state index contributed by atoms with van der Waals surface area (Å²) in [6.45, 7) is 4.35. The Hall–Kier alpha value is -1.33. The Balaban J connectivity index is 0.00000361. The van der Waals surface area contributed by atoms with Crippen molar-refractivity contribution >= 4 is 18.3 Å². The zero-order chi connectivity index (χ0) is 14.5. The van der Waals surface area contributed by atoms with Crippen LogP contribution in [0, 0.1) is 5.82 Å². The molecule has 114 valence electrons. The number of hydrogen-bond donors (Lipinski definition) is 2. The van der Waals surface area contributed by atoms with Gasteiger partial charge in [0.2, 0.25) is 0 Å². The topological polar surface area (TPSA) is 64.3 Å². The van der Waals surface area contributed by atoms with Crippen molar-refractivity contribution in [2.24, 2.45) is 5.73 Å². The lowest BCUT2D eigenvalue weighted by Crippen LogP contribution is -2.49. The summed E-state index contributed by atoms with van der Waals surface area (Å²) in [6, 6.07) is 4.01. The normalized spacial score (nSPS) is 10.7. The summed E-state index contributed by atoms with van der Waals surface area (Å²) in [4.78, 5) is 12.0. The molecule has 1 aromatic carbocycles. The third-order valence-corrected chi connectivity index (χ3v) is 3.42. The third kappa shape index (κ3) is 4.65. The number of methoxy groups -OCH3 is 1. The third-order valence-electron chi connectivity index (χ3n) is 3.42. The number of hydrogen-bond acceptors (Lipinski definition) is 3. The first-order chi connectivity index (χ1) is 8.95. The fourth-order valence-electron chi connectivity index (χ4n) is 1.66. The number of ether oxygens (including phenoxy) is 1. The Morgan fingerprint density at radius 3 is 2.50 bits per heavy atom. The number of halogens is 2. The van der Waals surface area contributed by atoms with Crippen LogP contribution in [0.1, 0.15) is 37.0 Å². The summed E-state index contributed by atoms with van der Waals surface area (Å²) in [5.74, 6) is -0.720. The zero-order valence-corrected chi connectivity index (χ0v) is 12.8. The van der Waals surface area contributed by atoms with Gasteiger partial charge in [0.25, 0.3) is 5.91 Å². The Morgan fingerprint density at radius 2 is 2.00 bits per heavy atom. The van der Waals surface area contributed by atoms with Crippen LogP contribution in [0.4, 0.5) is 4.39 Å². The molecule has 0 fully saturated rings. The van der Waals surface area contributed by atoms with Crippen LogP contribution in [0.3, 0.4) is 0 Å². The van der Waals surface area contributed by atoms with Crippen molar-refractivity contribution in [2.75, 3.05) is 13.7 Å². The van der Waals surface area contributed by atoms with Gasteiger partial charge in [0.15, 0.2) is 11.6 Å². The quantitative estimate of drug-likeness (QED) is 0.848. The van der Waals surface area contributed by atoms with Gasteiger partial charge in [0, 0.05) is 17.6 Å². The number of carbonyl (C=O) groups excluding carboxylic acids is 1. The second kappa shape index (κ2) is 8.07. The fraction of sp³-hybridized carbons (Fsp3) is 0.500. The summed E-state index contributed by atoms with van der Waals surface area (Å²) in [5.41, 5.74) is 6.06. The van der Waals surface area contributed by atoms with Gasteiger partial charge in [-0.25, -0.2) is 4.39 Å². The maximum atomic E-state index is 13.2. The molecule has 0 aromatic heterocycles. The van der Waals surface area contributed by atoms with E-state index in [-0.39, 0.29) is 24.1 Å². The minimum absolute atomic E-state index is 0. The Bertz CT molecular complexity index is 451. The molecule has 1 amide bonds. The molecular formula is C14H22ClFN2O2. The maximum absolute atomic E-state index is 13.2. The summed E-state index contributed by atoms with van der Waals surface area (Å²) in [7, 11) is 1.36. The summed E-state index contributed by atoms with van der Waals surface area (Å²) in [6.07, 6.45) is 1.55. The highest BCUT2D eigenvalue weighted by molar-refractivity contribution is 5.94. The smallest absolute Gasteiger partial charge is 0.251 e. The first-order valence-corrected chi connectivity index (χ1v) is 6.36. The molecule has 0 radical (unpaired) electrons. The van der Waals surface area contributed by atoms with Crippen LogP contribution < -0.4 is 15.8 Å². The number of carbonyl (C=O) groups is 1. The predicted octanol–water partition coefficient (Wildman–Crippen LogP) is 2.50. The molecule has 0 spiro atoms. The van der Waals surface area contributed by atoms with Crippen LogP contribution in [0.5, 0.6) is 5.75 Å². The Morgan fingerprint density at radius 1 is 1.40 bits per heavy atom. The number of rotatable bonds is 6. The summed E-state index contributed by atoms with van der Waals surface area (Å²) < 4.78 is 18.1. The molecule has 4 nitrogen and oxygen atoms in total. The number of amides is 1. The molecule has 6 heteroatoms. The van der Waals surface area contributed by atoms with Crippen molar-refractivity contribution < 1.29 is 13.9 Å². The van der Waals surface area contributed by atoms with E-state index in [9.17, 15) is 9.18 Å². The molecule has 0 atom stereocenters. The fourth-order valence-corrected chi connectivity index (χ4v) is 1.66. The number of nitrogens with two attached hydrogens (primary N) is 1. The average molecular weight is 305 g/mol. The van der Waals surface area contributed by atoms with Crippen molar-refractivity contribution in [1.82, 2.24) is 5.32 Å². The van der Waals surface area contributed by atoms with Crippen LogP contribution in [0.2, 0.25) is 0 Å². The van der Waals surface area contributed by atoms with Crippen molar-refractivity contribution in [1.29, 1.82) is 0 Å². The Labute approximate surface area is 125 Å². The molecule has 20 heavy (non-hydrogen) atoms. The van der Waals surface area contributed by atoms with Crippen LogP contribution in [0.25, 0.3) is 0 Å². The zero-order valence-electron chi connectivity index (χ0n) is 12.0. The molecule has 3 N–H and O–H groups in total. The van der Waals surface area contributed by atoms with E-state index in [0.29, 0.717) is 12.1 Å². The highest BCUT2D eigenvalue weighted by Crippen LogP contribution is 2.18. The minimum atomic E-state index is -0.491. The van der Waals surface area contributed by atoms with Gasteiger partial charge in [-0.05, 0) is 31.0 Å². The van der Waals surface area contributed by atoms with Crippen molar-refractivity contribution in [3.8, 4) is 5.75 Å². The molecule has 0 aliphatic rings. The standard InChI is InChI=1S/C14H21FN2O2.ClH/c1-4-14(16,5-2)9-17-13(18)10-6-7-11(15)12(8-10)19-3;/h6-8H,4-5,9,16H2,1-3H3,(H,17,18);1H. The van der Waals surface area contributed by atoms with Gasteiger partial charge in [-0.15, -0.1) is 12.4 Å². The molecule has 0 aliphatic heterocycles. The average Bonchev–Trinajstić information content (AvgIpc) is 2.44. The van der Waals surface area contributed by atoms with Crippen LogP contribution in [-0.2, 0) is 0 Å². The lowest BCUT2D eigenvalue weighted by Gasteiger charge is -2.26. The predicted molar refractivity (Wildman–Crippen MR) is 80.0 cm³/mol. The van der Waals surface area contributed by atoms with E-state index in [2.05, 4.69) is 5.32 Å². The van der Waals surface area contributed by atoms with E-state index in [1.807, 2.05) is 13.8 Å². The number of nitrogens with one attached hydrogen (secondary N) is 1. The van der Waals surface area contributed by atoms with E-state index in [4.69, 9.17) is 10.5 Å². The van der Waals surface area contributed by atoms with E-state index in [0.717, 1.165) is 12.8 Å². The first-order valence-electron chi connectivity index (χ1n) is 6.36. The molecule has 1 rings (SSSR count). The molecular weight excluding hydrogens is 283 g/mol. The highest BCUT2D eigenvalue weighted by atomic mass is 35.5. The molecule has 0 saturated carbocycles. The molecule has 0 bridgehead atoms. The minimum Gasteiger partial charge on any atom is -0.494 e. The van der Waals surface area contributed by atoms with Gasteiger partial charge in [-0.3, -0.25) is 4.79 Å². The lowest BCUT2D eigenvalue weighted by atomic mass is 9.94. The molecule has 0 unspecified atom stereocenters. The van der Waals surface area contributed by atoms with E-state index in [1.54, 1.807) is 0 Å². The highest BCUT2D eigenvalue weighted by Gasteiger charge is 2.21. The molecule has 1 aromatic rings. The van der Waals surface area contributed by atoms with Crippen LogP contribution >= 0.6 is 12.4 Å². The Kier molecular flexibility index (Phi) is 7.53. The van der Waals surface area contributed by atoms with Gasteiger partial charge >= 0.3 is 0 Å². The van der Waals surface area contributed by atoms with Gasteiger partial charge < -0.3 is 15.8 Å². The summed E-state index contributed by atoms with van der Waals surface area (Å²) in [5, 5.41) is 2.77. The van der Waals surface area contributed by atoms with E-state index >= 15 is 0 Å². The second-order valence-electron chi connectivity index (χ2n) is 4.60. The SMILES string of the molecule is CCC(N)(CC)CNC(=O)c1ccc(F)c(OC)c1.Cl. The lowest BCUT2D eigenvalue weighted by molar-refractivity contribution is 0.0941. The largest absolute Gasteiger partial charge is 0.494 e. The maximum Gasteiger partial charge on any atom is 0.251 e. The molecule has 0 saturated heterocycles. The van der Waals surface area contributed by atoms with Gasteiger partial charge in [-0.2, -0.15) is 0 Å². The second-order valence-corrected chi connectivity index (χ2v) is 4.60. The van der Waals surface area contributed by atoms with Crippen molar-refractivity contribution in [3.63, 3.8) is 0 Å². The van der Waals surface area contributed by atoms with Gasteiger partial charge in [0.1, 0.15) is 0 Å². The summed E-state index contributed by atoms with van der Waals surface area (Å²) >= 11 is 0. The van der Waals surface area contributed by atoms with Gasteiger partial charge in [-0.1, -0.05) is 13.8 Å². The van der Waals surface area contributed by atoms with Crippen molar-refractivity contribution in [2.45, 2.75) is 32.2 Å². The van der Waals surface area contributed by atoms with Crippen LogP contribution in [0.15, 0.2) is 18.2 Å². The van der Waals surface area contributed by atoms with Crippen LogP contribution in [-0.4, -0.2) is 25.1 Å². The first kappa shape index (κ1) is 18.7. The van der Waals surface area contributed by atoms with E-state index in [1.165, 1.54) is 25.3 Å². The molecule has 0 heterocycles.